The Morgan fingerprint density at radius 3 is 2.25 bits per heavy atom. The van der Waals surface area contributed by atoms with Gasteiger partial charge in [0.15, 0.2) is 0 Å². The standard InChI is InChI=1S/C11H22N2O3/c1-5-7-8(9(14)15)13-10(16)11(3,4)12-6-2/h8,12H,5-7H2,1-4H3,(H,13,16)(H,14,15). The molecule has 16 heavy (non-hydrogen) atoms. The van der Waals surface area contributed by atoms with Gasteiger partial charge >= 0.3 is 5.97 Å². The molecule has 0 fully saturated rings. The highest BCUT2D eigenvalue weighted by atomic mass is 16.4. The minimum atomic E-state index is -0.984. The van der Waals surface area contributed by atoms with Crippen LogP contribution < -0.4 is 10.6 Å². The van der Waals surface area contributed by atoms with Crippen molar-refractivity contribution in [2.45, 2.75) is 52.1 Å². The minimum absolute atomic E-state index is 0.282. The largest absolute Gasteiger partial charge is 0.480 e. The highest BCUT2D eigenvalue weighted by Crippen LogP contribution is 2.04. The summed E-state index contributed by atoms with van der Waals surface area (Å²) >= 11 is 0. The molecule has 5 nitrogen and oxygen atoms in total. The Morgan fingerprint density at radius 2 is 1.88 bits per heavy atom. The topological polar surface area (TPSA) is 78.4 Å². The molecular weight excluding hydrogens is 208 g/mol. The van der Waals surface area contributed by atoms with Crippen molar-refractivity contribution in [1.29, 1.82) is 0 Å². The molecule has 0 saturated carbocycles. The quantitative estimate of drug-likeness (QED) is 0.603. The van der Waals surface area contributed by atoms with E-state index in [2.05, 4.69) is 10.6 Å². The molecule has 0 bridgehead atoms. The fraction of sp³-hybridized carbons (Fsp3) is 0.818. The lowest BCUT2D eigenvalue weighted by atomic mass is 10.0. The summed E-state index contributed by atoms with van der Waals surface area (Å²) < 4.78 is 0. The summed E-state index contributed by atoms with van der Waals surface area (Å²) in [6, 6.07) is -0.796. The average molecular weight is 230 g/mol. The first-order valence-corrected chi connectivity index (χ1v) is 5.64. The van der Waals surface area contributed by atoms with Gasteiger partial charge in [0, 0.05) is 0 Å². The number of amides is 1. The number of likely N-dealkylation sites (N-methyl/N-ethyl adjacent to an activating group) is 1. The zero-order chi connectivity index (χ0) is 12.8. The van der Waals surface area contributed by atoms with Crippen LogP contribution in [0.2, 0.25) is 0 Å². The first-order valence-electron chi connectivity index (χ1n) is 5.64. The molecule has 3 N–H and O–H groups in total. The summed E-state index contributed by atoms with van der Waals surface area (Å²) in [4.78, 5) is 22.7. The third-order valence-electron chi connectivity index (χ3n) is 2.37. The van der Waals surface area contributed by atoms with Crippen LogP contribution in [0.15, 0.2) is 0 Å². The molecule has 5 heteroatoms. The maximum Gasteiger partial charge on any atom is 0.326 e. The molecule has 1 unspecified atom stereocenters. The molecule has 0 aromatic heterocycles. The van der Waals surface area contributed by atoms with Crippen molar-refractivity contribution in [3.8, 4) is 0 Å². The van der Waals surface area contributed by atoms with Crippen LogP contribution in [0.3, 0.4) is 0 Å². The van der Waals surface area contributed by atoms with Crippen LogP contribution >= 0.6 is 0 Å². The Kier molecular flexibility index (Phi) is 6.03. The number of carboxylic acids is 1. The SMILES string of the molecule is CCCC(NC(=O)C(C)(C)NCC)C(=O)O. The molecule has 0 aliphatic heterocycles. The van der Waals surface area contributed by atoms with Crippen LogP contribution in [-0.4, -0.2) is 35.1 Å². The van der Waals surface area contributed by atoms with E-state index in [-0.39, 0.29) is 5.91 Å². The maximum absolute atomic E-state index is 11.8. The number of hydrogen-bond donors (Lipinski definition) is 3. The molecule has 0 radical (unpaired) electrons. The van der Waals surface area contributed by atoms with E-state index < -0.39 is 17.6 Å². The van der Waals surface area contributed by atoms with Crippen molar-refractivity contribution in [2.24, 2.45) is 0 Å². The van der Waals surface area contributed by atoms with Crippen LogP contribution in [0.1, 0.15) is 40.5 Å². The van der Waals surface area contributed by atoms with Crippen molar-refractivity contribution in [2.75, 3.05) is 6.54 Å². The Labute approximate surface area is 96.6 Å². The summed E-state index contributed by atoms with van der Waals surface area (Å²) in [6.45, 7) is 7.91. The van der Waals surface area contributed by atoms with Gasteiger partial charge in [0.1, 0.15) is 6.04 Å². The van der Waals surface area contributed by atoms with E-state index >= 15 is 0 Å². The molecule has 0 aliphatic carbocycles. The monoisotopic (exact) mass is 230 g/mol. The molecule has 0 aliphatic rings. The normalized spacial score (nSPS) is 13.2. The minimum Gasteiger partial charge on any atom is -0.480 e. The Hall–Kier alpha value is -1.10. The zero-order valence-corrected chi connectivity index (χ0v) is 10.5. The number of rotatable bonds is 7. The van der Waals surface area contributed by atoms with E-state index in [0.29, 0.717) is 13.0 Å². The summed E-state index contributed by atoms with van der Waals surface area (Å²) in [6.07, 6.45) is 1.17. The molecule has 0 saturated heterocycles. The molecule has 1 amide bonds. The number of nitrogens with one attached hydrogen (secondary N) is 2. The van der Waals surface area contributed by atoms with Crippen molar-refractivity contribution in [3.63, 3.8) is 0 Å². The summed E-state index contributed by atoms with van der Waals surface area (Å²) in [5.41, 5.74) is -0.740. The van der Waals surface area contributed by atoms with E-state index in [0.717, 1.165) is 6.42 Å². The molecular formula is C11H22N2O3. The van der Waals surface area contributed by atoms with Crippen molar-refractivity contribution < 1.29 is 14.7 Å². The van der Waals surface area contributed by atoms with Crippen LogP contribution in [0.5, 0.6) is 0 Å². The number of carbonyl (C=O) groups excluding carboxylic acids is 1. The number of aliphatic carboxylic acids is 1. The second-order valence-corrected chi connectivity index (χ2v) is 4.31. The fourth-order valence-corrected chi connectivity index (χ4v) is 1.41. The zero-order valence-electron chi connectivity index (χ0n) is 10.5. The van der Waals surface area contributed by atoms with Crippen molar-refractivity contribution in [3.05, 3.63) is 0 Å². The second-order valence-electron chi connectivity index (χ2n) is 4.31. The highest BCUT2D eigenvalue weighted by Gasteiger charge is 2.29. The van der Waals surface area contributed by atoms with Crippen LogP contribution in [0.4, 0.5) is 0 Å². The lowest BCUT2D eigenvalue weighted by Crippen LogP contribution is -2.56. The second kappa shape index (κ2) is 6.48. The predicted octanol–water partition coefficient (Wildman–Crippen LogP) is 0.744. The van der Waals surface area contributed by atoms with Gasteiger partial charge in [-0.05, 0) is 26.8 Å². The van der Waals surface area contributed by atoms with Gasteiger partial charge < -0.3 is 15.7 Å². The summed E-state index contributed by atoms with van der Waals surface area (Å²) in [7, 11) is 0. The number of carboxylic acid groups (broad SMARTS) is 1. The first kappa shape index (κ1) is 14.9. The average Bonchev–Trinajstić information content (AvgIpc) is 2.16. The van der Waals surface area contributed by atoms with Gasteiger partial charge in [0.25, 0.3) is 0 Å². The van der Waals surface area contributed by atoms with Gasteiger partial charge in [-0.2, -0.15) is 0 Å². The van der Waals surface area contributed by atoms with E-state index in [1.54, 1.807) is 13.8 Å². The molecule has 1 atom stereocenters. The lowest BCUT2D eigenvalue weighted by molar-refractivity contribution is -0.142. The molecule has 0 aromatic carbocycles. The molecule has 0 aromatic rings. The highest BCUT2D eigenvalue weighted by molar-refractivity contribution is 5.89. The molecule has 0 rings (SSSR count). The lowest BCUT2D eigenvalue weighted by Gasteiger charge is -2.26. The summed E-state index contributed by atoms with van der Waals surface area (Å²) in [5.74, 6) is -1.27. The smallest absolute Gasteiger partial charge is 0.326 e. The van der Waals surface area contributed by atoms with Crippen LogP contribution in [-0.2, 0) is 9.59 Å². The third-order valence-corrected chi connectivity index (χ3v) is 2.37. The number of carbonyl (C=O) groups is 2. The van der Waals surface area contributed by atoms with Crippen LogP contribution in [0.25, 0.3) is 0 Å². The third kappa shape index (κ3) is 4.61. The van der Waals surface area contributed by atoms with Gasteiger partial charge in [0.05, 0.1) is 5.54 Å². The van der Waals surface area contributed by atoms with Gasteiger partial charge in [-0.3, -0.25) is 4.79 Å². The van der Waals surface area contributed by atoms with Crippen LogP contribution in [0, 0.1) is 0 Å². The van der Waals surface area contributed by atoms with Crippen molar-refractivity contribution >= 4 is 11.9 Å². The van der Waals surface area contributed by atoms with E-state index in [9.17, 15) is 9.59 Å². The van der Waals surface area contributed by atoms with Crippen molar-refractivity contribution in [1.82, 2.24) is 10.6 Å². The predicted molar refractivity (Wildman–Crippen MR) is 62.2 cm³/mol. The molecule has 0 spiro atoms. The van der Waals surface area contributed by atoms with E-state index in [1.165, 1.54) is 0 Å². The molecule has 0 heterocycles. The maximum atomic E-state index is 11.8. The van der Waals surface area contributed by atoms with E-state index in [1.807, 2.05) is 13.8 Å². The number of hydrogen-bond acceptors (Lipinski definition) is 3. The Bertz CT molecular complexity index is 252. The summed E-state index contributed by atoms with van der Waals surface area (Å²) in [5, 5.41) is 14.5. The molecule has 94 valence electrons. The van der Waals surface area contributed by atoms with E-state index in [4.69, 9.17) is 5.11 Å². The van der Waals surface area contributed by atoms with Gasteiger partial charge in [0.2, 0.25) is 5.91 Å². The van der Waals surface area contributed by atoms with Gasteiger partial charge in [-0.25, -0.2) is 4.79 Å². The Morgan fingerprint density at radius 1 is 1.31 bits per heavy atom. The first-order chi connectivity index (χ1) is 7.35. The Balaban J connectivity index is 4.44. The fourth-order valence-electron chi connectivity index (χ4n) is 1.41. The van der Waals surface area contributed by atoms with Gasteiger partial charge in [-0.15, -0.1) is 0 Å². The van der Waals surface area contributed by atoms with Gasteiger partial charge in [-0.1, -0.05) is 20.3 Å².